The Morgan fingerprint density at radius 3 is 2.53 bits per heavy atom. The molecule has 0 fully saturated rings. The molecule has 0 saturated heterocycles. The van der Waals surface area contributed by atoms with Gasteiger partial charge in [0.05, 0.1) is 20.8 Å². The Kier molecular flexibility index (Phi) is 4.10. The van der Waals surface area contributed by atoms with Gasteiger partial charge in [-0.15, -0.1) is 0 Å². The smallest absolute Gasteiger partial charge is 0.331 e. The van der Waals surface area contributed by atoms with Crippen LogP contribution in [0.25, 0.3) is 5.57 Å². The third-order valence-electron chi connectivity index (χ3n) is 3.20. The maximum Gasteiger partial charge on any atom is 0.331 e. The average Bonchev–Trinajstić information content (AvgIpc) is 2.79. The molecule has 1 aromatic rings. The number of rotatable bonds is 4. The molecule has 0 radical (unpaired) electrons. The first-order chi connectivity index (χ1) is 9.19. The molecule has 1 aliphatic rings. The summed E-state index contributed by atoms with van der Waals surface area (Å²) in [6.45, 7) is 2.19. The van der Waals surface area contributed by atoms with Gasteiger partial charge in [0.1, 0.15) is 0 Å². The Hall–Kier alpha value is -1.97. The van der Waals surface area contributed by atoms with Gasteiger partial charge < -0.3 is 14.2 Å². The van der Waals surface area contributed by atoms with E-state index in [9.17, 15) is 4.79 Å². The maximum atomic E-state index is 11.5. The minimum atomic E-state index is -0.292. The molecule has 19 heavy (non-hydrogen) atoms. The van der Waals surface area contributed by atoms with E-state index in [0.717, 1.165) is 29.7 Å². The fourth-order valence-corrected chi connectivity index (χ4v) is 2.31. The van der Waals surface area contributed by atoms with Crippen molar-refractivity contribution in [2.45, 2.75) is 19.8 Å². The third-order valence-corrected chi connectivity index (χ3v) is 3.20. The Morgan fingerprint density at radius 2 is 1.89 bits per heavy atom. The second kappa shape index (κ2) is 5.78. The number of benzene rings is 1. The quantitative estimate of drug-likeness (QED) is 0.618. The summed E-state index contributed by atoms with van der Waals surface area (Å²) in [7, 11) is 3.22. The largest absolute Gasteiger partial charge is 0.493 e. The number of ether oxygens (including phenoxy) is 3. The first-order valence-electron chi connectivity index (χ1n) is 6.32. The van der Waals surface area contributed by atoms with E-state index in [1.54, 1.807) is 27.2 Å². The van der Waals surface area contributed by atoms with Gasteiger partial charge in [0.25, 0.3) is 0 Å². The molecule has 4 heteroatoms. The minimum absolute atomic E-state index is 0.292. The van der Waals surface area contributed by atoms with E-state index in [1.807, 2.05) is 12.1 Å². The lowest BCUT2D eigenvalue weighted by Gasteiger charge is -2.10. The van der Waals surface area contributed by atoms with Crippen molar-refractivity contribution in [1.29, 1.82) is 0 Å². The fourth-order valence-electron chi connectivity index (χ4n) is 2.31. The zero-order valence-corrected chi connectivity index (χ0v) is 11.5. The lowest BCUT2D eigenvalue weighted by Crippen LogP contribution is -2.00. The number of methoxy groups -OCH3 is 2. The third kappa shape index (κ3) is 2.72. The van der Waals surface area contributed by atoms with Crippen LogP contribution in [0.5, 0.6) is 11.5 Å². The molecule has 0 heterocycles. The van der Waals surface area contributed by atoms with Crippen molar-refractivity contribution in [3.63, 3.8) is 0 Å². The highest BCUT2D eigenvalue weighted by Gasteiger charge is 2.20. The van der Waals surface area contributed by atoms with E-state index >= 15 is 0 Å². The molecule has 0 amide bonds. The number of aryl methyl sites for hydroxylation is 1. The number of hydrogen-bond acceptors (Lipinski definition) is 4. The van der Waals surface area contributed by atoms with Crippen molar-refractivity contribution >= 4 is 11.5 Å². The van der Waals surface area contributed by atoms with Crippen molar-refractivity contribution in [3.05, 3.63) is 29.3 Å². The standard InChI is InChI=1S/C15H18O4/c1-4-19-15(16)8-11-6-5-10-7-13(17-2)14(18-3)9-12(10)11/h7-9H,4-6H2,1-3H3/b11-8+. The Morgan fingerprint density at radius 1 is 1.21 bits per heavy atom. The van der Waals surface area contributed by atoms with E-state index < -0.39 is 0 Å². The van der Waals surface area contributed by atoms with Gasteiger partial charge in [-0.05, 0) is 48.6 Å². The molecule has 0 saturated carbocycles. The monoisotopic (exact) mass is 262 g/mol. The van der Waals surface area contributed by atoms with Crippen LogP contribution < -0.4 is 9.47 Å². The van der Waals surface area contributed by atoms with Gasteiger partial charge in [0.15, 0.2) is 11.5 Å². The molecule has 102 valence electrons. The molecule has 2 rings (SSSR count). The van der Waals surface area contributed by atoms with Crippen molar-refractivity contribution in [2.75, 3.05) is 20.8 Å². The van der Waals surface area contributed by atoms with E-state index in [0.29, 0.717) is 12.4 Å². The van der Waals surface area contributed by atoms with Crippen LogP contribution in [0.4, 0.5) is 0 Å². The Balaban J connectivity index is 2.36. The highest BCUT2D eigenvalue weighted by atomic mass is 16.5. The van der Waals surface area contributed by atoms with Crippen LogP contribution >= 0.6 is 0 Å². The predicted octanol–water partition coefficient (Wildman–Crippen LogP) is 2.60. The summed E-state index contributed by atoms with van der Waals surface area (Å²) in [6.07, 6.45) is 3.31. The van der Waals surface area contributed by atoms with Gasteiger partial charge in [-0.1, -0.05) is 0 Å². The second-order valence-corrected chi connectivity index (χ2v) is 4.29. The van der Waals surface area contributed by atoms with Gasteiger partial charge in [-0.3, -0.25) is 0 Å². The van der Waals surface area contributed by atoms with Crippen molar-refractivity contribution in [1.82, 2.24) is 0 Å². The number of hydrogen-bond donors (Lipinski definition) is 0. The van der Waals surface area contributed by atoms with Gasteiger partial charge >= 0.3 is 5.97 Å². The summed E-state index contributed by atoms with van der Waals surface area (Å²) in [4.78, 5) is 11.5. The maximum absolute atomic E-state index is 11.5. The zero-order valence-electron chi connectivity index (χ0n) is 11.5. The molecule has 0 spiro atoms. The van der Waals surface area contributed by atoms with E-state index in [-0.39, 0.29) is 5.97 Å². The molecular formula is C15H18O4. The summed E-state index contributed by atoms with van der Waals surface area (Å²) < 4.78 is 15.5. The summed E-state index contributed by atoms with van der Waals surface area (Å²) in [6, 6.07) is 3.90. The number of fused-ring (bicyclic) bond motifs is 1. The lowest BCUT2D eigenvalue weighted by molar-refractivity contribution is -0.137. The molecule has 0 atom stereocenters. The van der Waals surface area contributed by atoms with Gasteiger partial charge in [0.2, 0.25) is 0 Å². The number of esters is 1. The van der Waals surface area contributed by atoms with Crippen LogP contribution in [0.2, 0.25) is 0 Å². The Bertz CT molecular complexity index is 517. The van der Waals surface area contributed by atoms with E-state index in [2.05, 4.69) is 0 Å². The number of allylic oxidation sites excluding steroid dienone is 1. The van der Waals surface area contributed by atoms with Crippen LogP contribution in [0, 0.1) is 0 Å². The van der Waals surface area contributed by atoms with Gasteiger partial charge in [-0.25, -0.2) is 4.79 Å². The normalized spacial score (nSPS) is 15.2. The zero-order chi connectivity index (χ0) is 13.8. The van der Waals surface area contributed by atoms with Crippen LogP contribution in [-0.2, 0) is 16.0 Å². The molecule has 0 unspecified atom stereocenters. The summed E-state index contributed by atoms with van der Waals surface area (Å²) in [5.41, 5.74) is 3.22. The highest BCUT2D eigenvalue weighted by molar-refractivity contribution is 5.93. The highest BCUT2D eigenvalue weighted by Crippen LogP contribution is 2.39. The van der Waals surface area contributed by atoms with Gasteiger partial charge in [0, 0.05) is 6.08 Å². The lowest BCUT2D eigenvalue weighted by atomic mass is 10.1. The van der Waals surface area contributed by atoms with E-state index in [1.165, 1.54) is 5.56 Å². The first kappa shape index (κ1) is 13.5. The van der Waals surface area contributed by atoms with Crippen molar-refractivity contribution in [2.24, 2.45) is 0 Å². The number of carbonyl (C=O) groups is 1. The van der Waals surface area contributed by atoms with Crippen LogP contribution in [0.15, 0.2) is 18.2 Å². The van der Waals surface area contributed by atoms with Crippen molar-refractivity contribution in [3.8, 4) is 11.5 Å². The second-order valence-electron chi connectivity index (χ2n) is 4.29. The number of carbonyl (C=O) groups excluding carboxylic acids is 1. The van der Waals surface area contributed by atoms with E-state index in [4.69, 9.17) is 14.2 Å². The molecule has 1 aliphatic carbocycles. The van der Waals surface area contributed by atoms with Crippen LogP contribution in [-0.4, -0.2) is 26.8 Å². The first-order valence-corrected chi connectivity index (χ1v) is 6.32. The topological polar surface area (TPSA) is 44.8 Å². The summed E-state index contributed by atoms with van der Waals surface area (Å²) >= 11 is 0. The summed E-state index contributed by atoms with van der Waals surface area (Å²) in [5.74, 6) is 1.11. The molecule has 4 nitrogen and oxygen atoms in total. The minimum Gasteiger partial charge on any atom is -0.493 e. The molecule has 0 N–H and O–H groups in total. The predicted molar refractivity (Wildman–Crippen MR) is 72.5 cm³/mol. The van der Waals surface area contributed by atoms with Crippen LogP contribution in [0.3, 0.4) is 0 Å². The SMILES string of the molecule is CCOC(=O)/C=C1\CCc2cc(OC)c(OC)cc21. The average molecular weight is 262 g/mol. The molecular weight excluding hydrogens is 244 g/mol. The van der Waals surface area contributed by atoms with Crippen molar-refractivity contribution < 1.29 is 19.0 Å². The molecule has 0 aromatic heterocycles. The summed E-state index contributed by atoms with van der Waals surface area (Å²) in [5, 5.41) is 0. The fraction of sp³-hybridized carbons (Fsp3) is 0.400. The van der Waals surface area contributed by atoms with Crippen LogP contribution in [0.1, 0.15) is 24.5 Å². The molecule has 0 aliphatic heterocycles. The van der Waals surface area contributed by atoms with Gasteiger partial charge in [-0.2, -0.15) is 0 Å². The molecule has 0 bridgehead atoms. The Labute approximate surface area is 113 Å². The molecule has 1 aromatic carbocycles.